The zero-order chi connectivity index (χ0) is 13.5. The first-order valence-corrected chi connectivity index (χ1v) is 6.82. The van der Waals surface area contributed by atoms with Gasteiger partial charge in [-0.3, -0.25) is 9.78 Å². The Labute approximate surface area is 118 Å². The molecule has 1 aliphatic rings. The molecule has 1 aromatic carbocycles. The minimum Gasteiger partial charge on any atom is -0.487 e. The van der Waals surface area contributed by atoms with Gasteiger partial charge in [0.2, 0.25) is 0 Å². The summed E-state index contributed by atoms with van der Waals surface area (Å²) in [4.78, 5) is 15.1. The van der Waals surface area contributed by atoms with Crippen LogP contribution in [0.4, 0.5) is 0 Å². The predicted octanol–water partition coefficient (Wildman–Crippen LogP) is 3.38. The first-order chi connectivity index (χ1) is 9.06. The molecule has 4 nitrogen and oxygen atoms in total. The lowest BCUT2D eigenvalue weighted by Gasteiger charge is -2.16. The molecule has 0 radical (unpaired) electrons. The summed E-state index contributed by atoms with van der Waals surface area (Å²) in [6, 6.07) is 7.58. The number of aliphatic carboxylic acids is 1. The number of rotatable bonds is 4. The van der Waals surface area contributed by atoms with Gasteiger partial charge in [0, 0.05) is 16.1 Å². The Hall–Kier alpha value is -1.62. The maximum Gasteiger partial charge on any atom is 0.307 e. The van der Waals surface area contributed by atoms with Crippen LogP contribution in [0.5, 0.6) is 5.75 Å². The van der Waals surface area contributed by atoms with Crippen LogP contribution in [0.15, 0.2) is 34.9 Å². The lowest BCUT2D eigenvalue weighted by Crippen LogP contribution is -2.22. The van der Waals surface area contributed by atoms with Gasteiger partial charge >= 0.3 is 5.97 Å². The van der Waals surface area contributed by atoms with E-state index < -0.39 is 11.6 Å². The first kappa shape index (κ1) is 12.4. The Morgan fingerprint density at radius 2 is 2.21 bits per heavy atom. The molecule has 3 rings (SSSR count). The number of hydrogen-bond donors (Lipinski definition) is 1. The number of halogens is 1. The Balaban J connectivity index is 1.87. The van der Waals surface area contributed by atoms with Crippen LogP contribution in [-0.2, 0) is 4.79 Å². The topological polar surface area (TPSA) is 59.4 Å². The van der Waals surface area contributed by atoms with Crippen molar-refractivity contribution >= 4 is 32.8 Å². The van der Waals surface area contributed by atoms with Crippen molar-refractivity contribution < 1.29 is 14.6 Å². The lowest BCUT2D eigenvalue weighted by molar-refractivity contribution is -0.139. The van der Waals surface area contributed by atoms with Gasteiger partial charge < -0.3 is 9.84 Å². The van der Waals surface area contributed by atoms with Crippen molar-refractivity contribution in [2.75, 3.05) is 0 Å². The standard InChI is InChI=1S/C14H12BrNO3/c15-10-5-9-6-11(1-2-12(9)16-8-10)19-14(3-4-14)7-13(17)18/h1-2,5-6,8H,3-4,7H2,(H,17,18). The normalized spacial score (nSPS) is 16.3. The molecule has 0 unspecified atom stereocenters. The number of pyridine rings is 1. The van der Waals surface area contributed by atoms with Crippen molar-refractivity contribution in [1.82, 2.24) is 4.98 Å². The smallest absolute Gasteiger partial charge is 0.307 e. The van der Waals surface area contributed by atoms with E-state index in [4.69, 9.17) is 9.84 Å². The summed E-state index contributed by atoms with van der Waals surface area (Å²) in [5.74, 6) is -0.117. The molecule has 0 aliphatic heterocycles. The predicted molar refractivity (Wildman–Crippen MR) is 74.3 cm³/mol. The molecule has 1 heterocycles. The van der Waals surface area contributed by atoms with E-state index in [1.54, 1.807) is 6.20 Å². The third kappa shape index (κ3) is 2.71. The largest absolute Gasteiger partial charge is 0.487 e. The molecule has 0 amide bonds. The van der Waals surface area contributed by atoms with Crippen LogP contribution in [0.1, 0.15) is 19.3 Å². The van der Waals surface area contributed by atoms with Gasteiger partial charge in [-0.05, 0) is 53.0 Å². The van der Waals surface area contributed by atoms with Crippen LogP contribution in [0, 0.1) is 0 Å². The summed E-state index contributed by atoms with van der Waals surface area (Å²) in [6.07, 6.45) is 3.40. The van der Waals surface area contributed by atoms with Crippen LogP contribution in [-0.4, -0.2) is 21.7 Å². The van der Waals surface area contributed by atoms with Gasteiger partial charge in [-0.15, -0.1) is 0 Å². The molecule has 1 fully saturated rings. The van der Waals surface area contributed by atoms with E-state index in [9.17, 15) is 4.79 Å². The Bertz CT molecular complexity index is 652. The monoisotopic (exact) mass is 321 g/mol. The van der Waals surface area contributed by atoms with Gasteiger partial charge in [0.1, 0.15) is 11.4 Å². The second-order valence-electron chi connectivity index (χ2n) is 4.86. The quantitative estimate of drug-likeness (QED) is 0.937. The van der Waals surface area contributed by atoms with E-state index in [1.165, 1.54) is 0 Å². The van der Waals surface area contributed by atoms with Crippen molar-refractivity contribution in [2.45, 2.75) is 24.9 Å². The molecule has 98 valence electrons. The molecule has 0 spiro atoms. The second kappa shape index (κ2) is 4.49. The average Bonchev–Trinajstić information content (AvgIpc) is 3.07. The van der Waals surface area contributed by atoms with Gasteiger partial charge in [-0.25, -0.2) is 0 Å². The zero-order valence-corrected chi connectivity index (χ0v) is 11.7. The van der Waals surface area contributed by atoms with Crippen LogP contribution >= 0.6 is 15.9 Å². The van der Waals surface area contributed by atoms with Gasteiger partial charge in [0.25, 0.3) is 0 Å². The van der Waals surface area contributed by atoms with Gasteiger partial charge in [0.15, 0.2) is 0 Å². The van der Waals surface area contributed by atoms with E-state index >= 15 is 0 Å². The first-order valence-electron chi connectivity index (χ1n) is 6.03. The summed E-state index contributed by atoms with van der Waals surface area (Å²) in [6.45, 7) is 0. The molecular weight excluding hydrogens is 310 g/mol. The van der Waals surface area contributed by atoms with E-state index in [1.807, 2.05) is 24.3 Å². The number of ether oxygens (including phenoxy) is 1. The molecule has 1 saturated carbocycles. The molecule has 1 aromatic heterocycles. The molecule has 0 atom stereocenters. The van der Waals surface area contributed by atoms with Crippen molar-refractivity contribution in [3.8, 4) is 5.75 Å². The molecule has 0 bridgehead atoms. The van der Waals surface area contributed by atoms with Crippen molar-refractivity contribution in [1.29, 1.82) is 0 Å². The molecule has 2 aromatic rings. The van der Waals surface area contributed by atoms with Crippen molar-refractivity contribution in [3.63, 3.8) is 0 Å². The highest BCUT2D eigenvalue weighted by Crippen LogP contribution is 2.43. The summed E-state index contributed by atoms with van der Waals surface area (Å²) >= 11 is 3.38. The average molecular weight is 322 g/mol. The summed E-state index contributed by atoms with van der Waals surface area (Å²) in [7, 11) is 0. The molecule has 0 saturated heterocycles. The number of aromatic nitrogens is 1. The molecule has 1 aliphatic carbocycles. The highest BCUT2D eigenvalue weighted by atomic mass is 79.9. The maximum atomic E-state index is 10.8. The van der Waals surface area contributed by atoms with E-state index in [2.05, 4.69) is 20.9 Å². The fourth-order valence-corrected chi connectivity index (χ4v) is 2.48. The highest BCUT2D eigenvalue weighted by molar-refractivity contribution is 9.10. The summed E-state index contributed by atoms with van der Waals surface area (Å²) in [5, 5.41) is 9.85. The van der Waals surface area contributed by atoms with Crippen LogP contribution < -0.4 is 4.74 Å². The number of carboxylic acids is 1. The number of carboxylic acid groups (broad SMARTS) is 1. The van der Waals surface area contributed by atoms with Crippen LogP contribution in [0.2, 0.25) is 0 Å². The Morgan fingerprint density at radius 1 is 1.42 bits per heavy atom. The Morgan fingerprint density at radius 3 is 2.89 bits per heavy atom. The minimum atomic E-state index is -0.817. The summed E-state index contributed by atoms with van der Waals surface area (Å²) in [5.41, 5.74) is 0.387. The maximum absolute atomic E-state index is 10.8. The number of hydrogen-bond acceptors (Lipinski definition) is 3. The second-order valence-corrected chi connectivity index (χ2v) is 5.78. The number of fused-ring (bicyclic) bond motifs is 1. The minimum absolute atomic E-state index is 0.0573. The molecule has 5 heteroatoms. The third-order valence-corrected chi connectivity index (χ3v) is 3.67. The fourth-order valence-electron chi connectivity index (χ4n) is 2.13. The van der Waals surface area contributed by atoms with Gasteiger partial charge in [-0.1, -0.05) is 0 Å². The van der Waals surface area contributed by atoms with Crippen LogP contribution in [0.3, 0.4) is 0 Å². The number of nitrogens with zero attached hydrogens (tertiary/aromatic N) is 1. The Kier molecular flexibility index (Phi) is 2.93. The molecule has 1 N–H and O–H groups in total. The number of carbonyl (C=O) groups is 1. The van der Waals surface area contributed by atoms with Gasteiger partial charge in [-0.2, -0.15) is 0 Å². The molecule has 19 heavy (non-hydrogen) atoms. The zero-order valence-electron chi connectivity index (χ0n) is 10.1. The molecular formula is C14H12BrNO3. The summed E-state index contributed by atoms with van der Waals surface area (Å²) < 4.78 is 6.75. The van der Waals surface area contributed by atoms with Gasteiger partial charge in [0.05, 0.1) is 11.9 Å². The lowest BCUT2D eigenvalue weighted by atomic mass is 10.2. The highest BCUT2D eigenvalue weighted by Gasteiger charge is 2.47. The van der Waals surface area contributed by atoms with Crippen LogP contribution in [0.25, 0.3) is 10.9 Å². The van der Waals surface area contributed by atoms with E-state index in [0.717, 1.165) is 28.2 Å². The number of benzene rings is 1. The van der Waals surface area contributed by atoms with E-state index in [0.29, 0.717) is 5.75 Å². The van der Waals surface area contributed by atoms with Crippen molar-refractivity contribution in [2.24, 2.45) is 0 Å². The van der Waals surface area contributed by atoms with E-state index in [-0.39, 0.29) is 6.42 Å². The van der Waals surface area contributed by atoms with Crippen molar-refractivity contribution in [3.05, 3.63) is 34.9 Å². The fraction of sp³-hybridized carbons (Fsp3) is 0.286. The third-order valence-electron chi connectivity index (χ3n) is 3.23. The SMILES string of the molecule is O=C(O)CC1(Oc2ccc3ncc(Br)cc3c2)CC1.